The average molecular weight is 226 g/mol. The fourth-order valence-corrected chi connectivity index (χ4v) is 0. The third kappa shape index (κ3) is 66300. The first-order valence-corrected chi connectivity index (χ1v) is 3.39. The highest BCUT2D eigenvalue weighted by Gasteiger charge is 1.28. The molecule has 0 aromatic carbocycles. The van der Waals surface area contributed by atoms with E-state index in [0.29, 0.717) is 0 Å². The summed E-state index contributed by atoms with van der Waals surface area (Å²) in [6.07, 6.45) is 0. The van der Waals surface area contributed by atoms with Gasteiger partial charge in [-0.05, 0) is 0 Å². The van der Waals surface area contributed by atoms with Gasteiger partial charge < -0.3 is 27.0 Å². The smallest absolute Gasteiger partial charge is 0.772 e. The molecule has 0 aromatic heterocycles. The highest BCUT2D eigenvalue weighted by Crippen LogP contribution is 1.66. The Balaban J connectivity index is -0.00000001000. The van der Waals surface area contributed by atoms with E-state index in [1.165, 1.54) is 0 Å². The van der Waals surface area contributed by atoms with Gasteiger partial charge in [0.25, 0.3) is 0 Å². The molecule has 0 unspecified atom stereocenters. The zero-order chi connectivity index (χ0) is 8.12. The molecule has 0 aliphatic heterocycles. The van der Waals surface area contributed by atoms with Crippen molar-refractivity contribution in [2.24, 2.45) is 0 Å². The predicted molar refractivity (Wildman–Crippen MR) is 38.4 cm³/mol. The highest BCUT2D eigenvalue weighted by atomic mass is 31.1. The highest BCUT2D eigenvalue weighted by molar-refractivity contribution is 7.16. The summed E-state index contributed by atoms with van der Waals surface area (Å²) in [5.74, 6) is 0. The minimum absolute atomic E-state index is 0. The molecule has 0 fully saturated rings. The van der Waals surface area contributed by atoms with Crippen molar-refractivity contribution in [3.63, 3.8) is 0 Å². The molecule has 70 valence electrons. The molecule has 0 aromatic rings. The van der Waals surface area contributed by atoms with Crippen LogP contribution < -0.4 is 17.2 Å². The van der Waals surface area contributed by atoms with Gasteiger partial charge in [0.15, 0.2) is 0 Å². The molecular weight excluding hydrogens is 217 g/mol. The van der Waals surface area contributed by atoms with Crippen molar-refractivity contribution in [3.8, 4) is 0 Å². The SMILES string of the molecule is N.N.O=PO.O=PO.O=P[O-].[H+]. The Morgan fingerprint density at radius 3 is 1.00 bits per heavy atom. The van der Waals surface area contributed by atoms with Crippen LogP contribution in [0, 0.1) is 0 Å². The van der Waals surface area contributed by atoms with Gasteiger partial charge in [-0.3, -0.25) is 4.57 Å². The largest absolute Gasteiger partial charge is 1.00 e. The molecule has 0 rings (SSSR count). The van der Waals surface area contributed by atoms with Crippen LogP contribution in [0.2, 0.25) is 0 Å². The molecule has 0 aliphatic rings. The first-order valence-electron chi connectivity index (χ1n) is 1.13. The van der Waals surface area contributed by atoms with Gasteiger partial charge in [-0.25, -0.2) is 9.13 Å². The van der Waals surface area contributed by atoms with Gasteiger partial charge >= 0.3 is 18.8 Å². The van der Waals surface area contributed by atoms with Crippen molar-refractivity contribution < 1.29 is 29.8 Å². The topological polar surface area (TPSA) is 185 Å². The van der Waals surface area contributed by atoms with E-state index in [2.05, 4.69) is 0 Å². The van der Waals surface area contributed by atoms with Gasteiger partial charge in [-0.15, -0.1) is 0 Å². The molecule has 0 radical (unpaired) electrons. The molecule has 11 heteroatoms. The molecular formula is H9N2O6P3. The van der Waals surface area contributed by atoms with E-state index in [9.17, 15) is 0 Å². The zero-order valence-corrected chi connectivity index (χ0v) is 7.97. The lowest BCUT2D eigenvalue weighted by Gasteiger charge is -1.57. The summed E-state index contributed by atoms with van der Waals surface area (Å²) >= 11 is 0. The lowest BCUT2D eigenvalue weighted by atomic mass is 14.0. The molecule has 0 spiro atoms. The summed E-state index contributed by atoms with van der Waals surface area (Å²) in [6.45, 7) is 0. The maximum atomic E-state index is 8.46. The van der Waals surface area contributed by atoms with Crippen LogP contribution in [0.15, 0.2) is 0 Å². The lowest BCUT2D eigenvalue weighted by Crippen LogP contribution is -1.65. The second-order valence-corrected chi connectivity index (χ2v) is 0.714. The zero-order valence-electron chi connectivity index (χ0n) is 6.28. The maximum absolute atomic E-state index is 8.46. The lowest BCUT2D eigenvalue weighted by molar-refractivity contribution is -0.154. The number of hydrogen-bond acceptors (Lipinski definition) is 6. The monoisotopic (exact) mass is 226 g/mol. The maximum Gasteiger partial charge on any atom is 1.00 e. The van der Waals surface area contributed by atoms with Crippen LogP contribution in [0.5, 0.6) is 0 Å². The van der Waals surface area contributed by atoms with Crippen LogP contribution in [-0.4, -0.2) is 9.79 Å². The third-order valence-corrected chi connectivity index (χ3v) is 0. The van der Waals surface area contributed by atoms with Gasteiger partial charge in [0.2, 0.25) is 0 Å². The van der Waals surface area contributed by atoms with E-state index >= 15 is 0 Å². The van der Waals surface area contributed by atoms with Crippen LogP contribution in [0.4, 0.5) is 0 Å². The van der Waals surface area contributed by atoms with Crippen molar-refractivity contribution in [3.05, 3.63) is 0 Å². The summed E-state index contributed by atoms with van der Waals surface area (Å²) in [6, 6.07) is 0. The van der Waals surface area contributed by atoms with E-state index in [4.69, 9.17) is 28.4 Å². The van der Waals surface area contributed by atoms with Crippen molar-refractivity contribution in [2.75, 3.05) is 0 Å². The van der Waals surface area contributed by atoms with Crippen LogP contribution >= 0.6 is 26.1 Å². The van der Waals surface area contributed by atoms with Gasteiger partial charge in [-0.2, -0.15) is 0 Å². The molecule has 0 saturated carbocycles. The first-order chi connectivity index (χ1) is 4.24. The van der Waals surface area contributed by atoms with Crippen LogP contribution in [0.25, 0.3) is 0 Å². The molecule has 8 nitrogen and oxygen atoms in total. The van der Waals surface area contributed by atoms with E-state index in [1.807, 2.05) is 0 Å². The van der Waals surface area contributed by atoms with Gasteiger partial charge in [0.1, 0.15) is 0 Å². The number of hydrogen-bond donors (Lipinski definition) is 4. The van der Waals surface area contributed by atoms with Gasteiger partial charge in [-0.1, -0.05) is 0 Å². The minimum atomic E-state index is -1.08. The Kier molecular flexibility index (Phi) is 241. The van der Waals surface area contributed by atoms with Crippen molar-refractivity contribution in [2.45, 2.75) is 0 Å². The Hall–Kier alpha value is 0.1000. The van der Waals surface area contributed by atoms with E-state index in [0.717, 1.165) is 0 Å². The molecule has 11 heavy (non-hydrogen) atoms. The molecule has 0 aliphatic carbocycles. The summed E-state index contributed by atoms with van der Waals surface area (Å²) in [4.78, 5) is 22.3. The molecule has 0 saturated heterocycles. The van der Waals surface area contributed by atoms with E-state index in [1.54, 1.807) is 0 Å². The Bertz CT molecular complexity index is 57.5. The molecule has 0 bridgehead atoms. The second kappa shape index (κ2) is 87.0. The predicted octanol–water partition coefficient (Wildman–Crippen LogP) is 0.361. The molecule has 0 amide bonds. The standard InChI is InChI=1S/2H3N.3HO2P/c;;3*1-3-2/h2*1H3;3*(H,1,2). The third-order valence-electron chi connectivity index (χ3n) is 0. The van der Waals surface area contributed by atoms with E-state index in [-0.39, 0.29) is 13.7 Å². The van der Waals surface area contributed by atoms with Crippen LogP contribution in [0.3, 0.4) is 0 Å². The van der Waals surface area contributed by atoms with Crippen LogP contribution in [-0.2, 0) is 13.7 Å². The van der Waals surface area contributed by atoms with Crippen LogP contribution in [0.1, 0.15) is 1.43 Å². The Morgan fingerprint density at radius 1 is 1.00 bits per heavy atom. The van der Waals surface area contributed by atoms with Crippen molar-refractivity contribution >= 4 is 26.1 Å². The Morgan fingerprint density at radius 2 is 1.00 bits per heavy atom. The van der Waals surface area contributed by atoms with Crippen molar-refractivity contribution in [1.29, 1.82) is 0 Å². The first kappa shape index (κ1) is 30.4. The van der Waals surface area contributed by atoms with Crippen molar-refractivity contribution in [1.82, 2.24) is 12.3 Å². The Labute approximate surface area is 69.1 Å². The fourth-order valence-electron chi connectivity index (χ4n) is 0. The average Bonchev–Trinajstić information content (AvgIpc) is 1.70. The fraction of sp³-hybridized carbons (Fsp3) is 0. The van der Waals surface area contributed by atoms with Gasteiger partial charge in [0, 0.05) is 0 Å². The summed E-state index contributed by atoms with van der Waals surface area (Å²) in [5.41, 5.74) is 0. The van der Waals surface area contributed by atoms with E-state index < -0.39 is 26.1 Å². The number of rotatable bonds is 0. The second-order valence-electron chi connectivity index (χ2n) is 0.238. The summed E-state index contributed by atoms with van der Waals surface area (Å²) in [7, 11) is -2.75. The quantitative estimate of drug-likeness (QED) is 0.426. The molecule has 0 atom stereocenters. The van der Waals surface area contributed by atoms with Gasteiger partial charge in [0.05, 0.1) is 8.69 Å². The summed E-state index contributed by atoms with van der Waals surface area (Å²) in [5, 5.41) is 0. The molecule has 0 heterocycles. The normalized spacial score (nSPS) is 5.73. The molecule has 8 N–H and O–H groups in total. The minimum Gasteiger partial charge on any atom is -0.772 e. The summed E-state index contributed by atoms with van der Waals surface area (Å²) < 4.78 is 25.3.